The summed E-state index contributed by atoms with van der Waals surface area (Å²) in [6.45, 7) is 1.49. The molecule has 3 rings (SSSR count). The fourth-order valence-electron chi connectivity index (χ4n) is 2.40. The quantitative estimate of drug-likeness (QED) is 0.687. The number of hydrogen-bond donors (Lipinski definition) is 3. The number of carbonyl (C=O) groups excluding carboxylic acids is 1. The minimum absolute atomic E-state index is 0. The number of aryl methyl sites for hydroxylation is 1. The van der Waals surface area contributed by atoms with E-state index in [1.807, 2.05) is 25.4 Å². The normalized spacial score (nSPS) is 16.8. The van der Waals surface area contributed by atoms with Crippen molar-refractivity contribution in [3.8, 4) is 11.3 Å². The number of aliphatic hydroxyl groups is 1. The zero-order valence-corrected chi connectivity index (χ0v) is 15.5. The molecule has 25 heavy (non-hydrogen) atoms. The lowest BCUT2D eigenvalue weighted by molar-refractivity contribution is -0.125. The Morgan fingerprint density at radius 2 is 2.04 bits per heavy atom. The van der Waals surface area contributed by atoms with Gasteiger partial charge >= 0.3 is 0 Å². The van der Waals surface area contributed by atoms with Crippen LogP contribution in [0, 0.1) is 0 Å². The summed E-state index contributed by atoms with van der Waals surface area (Å²) in [6.07, 6.45) is 4.25. The fourth-order valence-corrected chi connectivity index (χ4v) is 2.40. The van der Waals surface area contributed by atoms with Gasteiger partial charge in [-0.3, -0.25) is 9.48 Å². The van der Waals surface area contributed by atoms with Crippen LogP contribution in [0.3, 0.4) is 0 Å². The third-order valence-corrected chi connectivity index (χ3v) is 4.09. The maximum absolute atomic E-state index is 12.0. The first-order chi connectivity index (χ1) is 10.9. The number of hydrogen-bond acceptors (Lipinski definition) is 6. The van der Waals surface area contributed by atoms with Gasteiger partial charge in [-0.05, 0) is 31.9 Å². The van der Waals surface area contributed by atoms with Crippen molar-refractivity contribution in [3.05, 3.63) is 30.2 Å². The number of aliphatic hydroxyl groups excluding tert-OH is 1. The Balaban J connectivity index is 0.00000156. The average Bonchev–Trinajstić information content (AvgIpc) is 3.18. The van der Waals surface area contributed by atoms with Crippen molar-refractivity contribution >= 4 is 30.7 Å². The molecule has 8 nitrogen and oxygen atoms in total. The van der Waals surface area contributed by atoms with Crippen molar-refractivity contribution in [3.63, 3.8) is 0 Å². The molecule has 0 radical (unpaired) electrons. The van der Waals surface area contributed by atoms with Gasteiger partial charge in [0.15, 0.2) is 0 Å². The number of nitrogens with one attached hydrogen (secondary N) is 1. The lowest BCUT2D eigenvalue weighted by Gasteiger charge is -2.21. The number of halogens is 2. The molecule has 1 amide bonds. The Morgan fingerprint density at radius 3 is 2.48 bits per heavy atom. The molecule has 1 saturated carbocycles. The highest BCUT2D eigenvalue weighted by Crippen LogP contribution is 2.44. The molecule has 2 atom stereocenters. The van der Waals surface area contributed by atoms with Gasteiger partial charge in [-0.1, -0.05) is 0 Å². The lowest BCUT2D eigenvalue weighted by Crippen LogP contribution is -2.50. The van der Waals surface area contributed by atoms with E-state index in [2.05, 4.69) is 20.6 Å². The van der Waals surface area contributed by atoms with Crippen molar-refractivity contribution < 1.29 is 9.90 Å². The molecule has 4 N–H and O–H groups in total. The van der Waals surface area contributed by atoms with Crippen LogP contribution in [0.2, 0.25) is 0 Å². The van der Waals surface area contributed by atoms with E-state index < -0.39 is 17.7 Å². The molecule has 0 saturated heterocycles. The summed E-state index contributed by atoms with van der Waals surface area (Å²) in [7, 11) is 1.84. The molecule has 138 valence electrons. The first kappa shape index (κ1) is 21.3. The number of nitrogens with zero attached hydrogens (tertiary/aromatic N) is 4. The molecular weight excluding hydrogens is 367 g/mol. The molecule has 0 aliphatic heterocycles. The second-order valence-corrected chi connectivity index (χ2v) is 6.04. The van der Waals surface area contributed by atoms with Gasteiger partial charge in [0.2, 0.25) is 5.91 Å². The SMILES string of the molecule is C[C@@H](O)[C@H](N)C(=O)NC1(c2ccc(-c3cnn(C)c3)nn2)CC1.Cl.Cl. The smallest absolute Gasteiger partial charge is 0.240 e. The second kappa shape index (κ2) is 8.09. The van der Waals surface area contributed by atoms with E-state index in [1.54, 1.807) is 10.9 Å². The summed E-state index contributed by atoms with van der Waals surface area (Å²) in [6, 6.07) is 2.77. The molecule has 1 aliphatic rings. The highest BCUT2D eigenvalue weighted by molar-refractivity contribution is 5.85. The van der Waals surface area contributed by atoms with Crippen LogP contribution < -0.4 is 11.1 Å². The second-order valence-electron chi connectivity index (χ2n) is 6.04. The number of rotatable bonds is 5. The Hall–Kier alpha value is -1.74. The summed E-state index contributed by atoms with van der Waals surface area (Å²) in [5, 5.41) is 24.9. The van der Waals surface area contributed by atoms with Crippen molar-refractivity contribution in [1.82, 2.24) is 25.3 Å². The van der Waals surface area contributed by atoms with E-state index in [4.69, 9.17) is 5.73 Å². The van der Waals surface area contributed by atoms with E-state index in [-0.39, 0.29) is 30.7 Å². The average molecular weight is 389 g/mol. The summed E-state index contributed by atoms with van der Waals surface area (Å²) >= 11 is 0. The number of aromatic nitrogens is 4. The maximum Gasteiger partial charge on any atom is 0.240 e. The predicted octanol–water partition coefficient (Wildman–Crippen LogP) is 0.534. The van der Waals surface area contributed by atoms with Gasteiger partial charge in [-0.15, -0.1) is 24.8 Å². The highest BCUT2D eigenvalue weighted by atomic mass is 35.5. The largest absolute Gasteiger partial charge is 0.391 e. The minimum Gasteiger partial charge on any atom is -0.391 e. The van der Waals surface area contributed by atoms with Gasteiger partial charge in [0, 0.05) is 18.8 Å². The maximum atomic E-state index is 12.0. The third-order valence-electron chi connectivity index (χ3n) is 4.09. The zero-order chi connectivity index (χ0) is 16.6. The standard InChI is InChI=1S/C15H20N6O2.2ClH/c1-9(22)13(16)14(23)18-15(5-6-15)12-4-3-11(19-20-12)10-7-17-21(2)8-10;;/h3-4,7-9,13,22H,5-6,16H2,1-2H3,(H,18,23);2*1H/t9-,13+;;/m1../s1. The molecule has 0 spiro atoms. The molecule has 2 heterocycles. The van der Waals surface area contributed by atoms with Crippen LogP contribution in [-0.2, 0) is 17.4 Å². The van der Waals surface area contributed by atoms with Gasteiger partial charge in [0.05, 0.1) is 29.2 Å². The van der Waals surface area contributed by atoms with Crippen LogP contribution >= 0.6 is 24.8 Å². The summed E-state index contributed by atoms with van der Waals surface area (Å²) in [5.41, 5.74) is 7.48. The van der Waals surface area contributed by atoms with Gasteiger partial charge in [-0.2, -0.15) is 15.3 Å². The molecule has 1 aliphatic carbocycles. The molecular formula is C15H22Cl2N6O2. The fraction of sp³-hybridized carbons (Fsp3) is 0.467. The first-order valence-corrected chi connectivity index (χ1v) is 7.50. The van der Waals surface area contributed by atoms with Gasteiger partial charge in [0.25, 0.3) is 0 Å². The Bertz CT molecular complexity index is 715. The van der Waals surface area contributed by atoms with E-state index in [0.717, 1.165) is 24.1 Å². The minimum atomic E-state index is -0.949. The van der Waals surface area contributed by atoms with Gasteiger partial charge in [0.1, 0.15) is 6.04 Å². The number of amides is 1. The Kier molecular flexibility index (Phi) is 6.90. The summed E-state index contributed by atoms with van der Waals surface area (Å²) < 4.78 is 1.70. The van der Waals surface area contributed by atoms with E-state index in [9.17, 15) is 9.90 Å². The third kappa shape index (κ3) is 4.46. The van der Waals surface area contributed by atoms with Gasteiger partial charge in [-0.25, -0.2) is 0 Å². The Morgan fingerprint density at radius 1 is 1.36 bits per heavy atom. The molecule has 1 fully saturated rings. The highest BCUT2D eigenvalue weighted by Gasteiger charge is 2.48. The monoisotopic (exact) mass is 388 g/mol. The zero-order valence-electron chi connectivity index (χ0n) is 13.9. The number of nitrogens with two attached hydrogens (primary N) is 1. The van der Waals surface area contributed by atoms with Crippen LogP contribution in [0.5, 0.6) is 0 Å². The lowest BCUT2D eigenvalue weighted by atomic mass is 10.1. The van der Waals surface area contributed by atoms with Crippen molar-refractivity contribution in [2.24, 2.45) is 12.8 Å². The van der Waals surface area contributed by atoms with Gasteiger partial charge < -0.3 is 16.2 Å². The summed E-state index contributed by atoms with van der Waals surface area (Å²) in [5.74, 6) is -0.379. The molecule has 0 bridgehead atoms. The van der Waals surface area contributed by atoms with E-state index >= 15 is 0 Å². The van der Waals surface area contributed by atoms with E-state index in [1.165, 1.54) is 6.92 Å². The van der Waals surface area contributed by atoms with Crippen molar-refractivity contribution in [2.45, 2.75) is 37.5 Å². The van der Waals surface area contributed by atoms with Crippen LogP contribution in [0.4, 0.5) is 0 Å². The van der Waals surface area contributed by atoms with E-state index in [0.29, 0.717) is 5.69 Å². The van der Waals surface area contributed by atoms with Crippen LogP contribution in [0.15, 0.2) is 24.5 Å². The first-order valence-electron chi connectivity index (χ1n) is 7.50. The van der Waals surface area contributed by atoms with Crippen molar-refractivity contribution in [1.29, 1.82) is 0 Å². The molecule has 2 aromatic heterocycles. The molecule has 0 aromatic carbocycles. The van der Waals surface area contributed by atoms with Crippen LogP contribution in [-0.4, -0.2) is 43.1 Å². The molecule has 2 aromatic rings. The predicted molar refractivity (Wildman–Crippen MR) is 97.4 cm³/mol. The summed E-state index contributed by atoms with van der Waals surface area (Å²) in [4.78, 5) is 12.0. The van der Waals surface area contributed by atoms with Crippen LogP contribution in [0.25, 0.3) is 11.3 Å². The molecule has 10 heteroatoms. The van der Waals surface area contributed by atoms with Crippen LogP contribution in [0.1, 0.15) is 25.5 Å². The Labute approximate surface area is 158 Å². The molecule has 0 unspecified atom stereocenters. The van der Waals surface area contributed by atoms with Crippen molar-refractivity contribution in [2.75, 3.05) is 0 Å². The topological polar surface area (TPSA) is 119 Å². The number of carbonyl (C=O) groups is 1.